The van der Waals surface area contributed by atoms with E-state index in [4.69, 9.17) is 9.84 Å². The second-order valence-corrected chi connectivity index (χ2v) is 10.1. The van der Waals surface area contributed by atoms with Gasteiger partial charge in [-0.05, 0) is 87.1 Å². The average molecular weight is 602 g/mol. The van der Waals surface area contributed by atoms with Gasteiger partial charge in [-0.15, -0.1) is 13.2 Å². The minimum absolute atomic E-state index is 0.181. The molecule has 0 fully saturated rings. The second kappa shape index (κ2) is 28.4. The number of carbonyl (C=O) groups is 2. The molecule has 216 valence electrons. The van der Waals surface area contributed by atoms with Gasteiger partial charge in [0.05, 0.1) is 6.61 Å². The van der Waals surface area contributed by atoms with Crippen molar-refractivity contribution in [2.75, 3.05) is 11.9 Å². The number of aldehydes is 2. The summed E-state index contributed by atoms with van der Waals surface area (Å²) >= 11 is 3.43. The van der Waals surface area contributed by atoms with Gasteiger partial charge in [0.2, 0.25) is 0 Å². The lowest BCUT2D eigenvalue weighted by Crippen LogP contribution is -1.97. The Morgan fingerprint density at radius 3 is 1.46 bits per heavy atom. The minimum atomic E-state index is 0.181. The van der Waals surface area contributed by atoms with Gasteiger partial charge in [-0.3, -0.25) is 9.59 Å². The Morgan fingerprint density at radius 1 is 0.615 bits per heavy atom. The zero-order valence-corrected chi connectivity index (χ0v) is 25.3. The molecule has 0 saturated heterocycles. The van der Waals surface area contributed by atoms with Gasteiger partial charge in [-0.2, -0.15) is 0 Å². The van der Waals surface area contributed by atoms with Crippen molar-refractivity contribution in [3.05, 3.63) is 85.0 Å². The fourth-order valence-electron chi connectivity index (χ4n) is 3.57. The predicted octanol–water partition coefficient (Wildman–Crippen LogP) is 10.3. The molecule has 0 bridgehead atoms. The lowest BCUT2D eigenvalue weighted by Gasteiger charge is -2.06. The van der Waals surface area contributed by atoms with E-state index in [2.05, 4.69) is 29.1 Å². The first-order valence-corrected chi connectivity index (χ1v) is 15.4. The van der Waals surface area contributed by atoms with E-state index in [1.54, 1.807) is 24.3 Å². The number of halogens is 1. The third-order valence-corrected chi connectivity index (χ3v) is 6.47. The van der Waals surface area contributed by atoms with Gasteiger partial charge in [0, 0.05) is 16.5 Å². The number of unbranched alkanes of at least 4 members (excludes halogenated alkanes) is 12. The lowest BCUT2D eigenvalue weighted by molar-refractivity contribution is 0.111. The molecule has 0 heterocycles. The fraction of sp³-hybridized carbons (Fsp3) is 0.471. The van der Waals surface area contributed by atoms with Crippen molar-refractivity contribution in [2.45, 2.75) is 89.9 Å². The van der Waals surface area contributed by atoms with E-state index in [0.29, 0.717) is 11.1 Å². The molecule has 2 aromatic rings. The van der Waals surface area contributed by atoms with Gasteiger partial charge < -0.3 is 9.84 Å². The van der Waals surface area contributed by atoms with Crippen molar-refractivity contribution in [3.63, 3.8) is 0 Å². The number of alkyl halides is 1. The number of aromatic hydroxyl groups is 1. The zero-order chi connectivity index (χ0) is 28.8. The van der Waals surface area contributed by atoms with Crippen LogP contribution in [0.2, 0.25) is 0 Å². The van der Waals surface area contributed by atoms with E-state index >= 15 is 0 Å². The molecule has 0 aliphatic carbocycles. The zero-order valence-electron chi connectivity index (χ0n) is 23.7. The van der Waals surface area contributed by atoms with Gasteiger partial charge in [0.1, 0.15) is 24.1 Å². The van der Waals surface area contributed by atoms with Crippen LogP contribution in [0.4, 0.5) is 0 Å². The van der Waals surface area contributed by atoms with Crippen LogP contribution < -0.4 is 4.74 Å². The maximum atomic E-state index is 10.5. The Balaban J connectivity index is 0.000000611. The number of carbonyl (C=O) groups excluding carboxylic acids is 2. The molecule has 0 aliphatic rings. The van der Waals surface area contributed by atoms with E-state index in [9.17, 15) is 9.59 Å². The third kappa shape index (κ3) is 24.1. The van der Waals surface area contributed by atoms with Crippen LogP contribution in [-0.4, -0.2) is 29.6 Å². The molecular formula is C34H49BrO4. The average Bonchev–Trinajstić information content (AvgIpc) is 2.97. The van der Waals surface area contributed by atoms with Gasteiger partial charge in [0.15, 0.2) is 0 Å². The number of hydrogen-bond donors (Lipinski definition) is 1. The minimum Gasteiger partial charge on any atom is -0.508 e. The number of rotatable bonds is 20. The van der Waals surface area contributed by atoms with Crippen molar-refractivity contribution in [2.24, 2.45) is 0 Å². The van der Waals surface area contributed by atoms with E-state index in [-0.39, 0.29) is 5.75 Å². The largest absolute Gasteiger partial charge is 0.508 e. The quantitative estimate of drug-likeness (QED) is 0.0710. The normalized spacial score (nSPS) is 9.77. The number of allylic oxidation sites excluding steroid dienone is 2. The van der Waals surface area contributed by atoms with Crippen LogP contribution in [0.25, 0.3) is 0 Å². The number of phenols is 1. The summed E-state index contributed by atoms with van der Waals surface area (Å²) < 4.78 is 5.62. The summed E-state index contributed by atoms with van der Waals surface area (Å²) in [5.41, 5.74) is 1.26. The van der Waals surface area contributed by atoms with E-state index in [1.165, 1.54) is 94.5 Å². The number of ether oxygens (including phenoxy) is 1. The lowest BCUT2D eigenvalue weighted by atomic mass is 10.1. The van der Waals surface area contributed by atoms with Crippen LogP contribution in [0.1, 0.15) is 111 Å². The third-order valence-electron chi connectivity index (χ3n) is 5.91. The number of hydrogen-bond acceptors (Lipinski definition) is 4. The molecule has 5 heteroatoms. The highest BCUT2D eigenvalue weighted by atomic mass is 79.9. The van der Waals surface area contributed by atoms with Crippen LogP contribution in [0.3, 0.4) is 0 Å². The molecule has 0 unspecified atom stereocenters. The van der Waals surface area contributed by atoms with Crippen LogP contribution >= 0.6 is 15.9 Å². The molecule has 0 amide bonds. The fourth-order valence-corrected chi connectivity index (χ4v) is 3.97. The Labute approximate surface area is 245 Å². The molecular weight excluding hydrogens is 552 g/mol. The topological polar surface area (TPSA) is 63.6 Å². The number of benzene rings is 2. The molecule has 39 heavy (non-hydrogen) atoms. The first-order chi connectivity index (χ1) is 19.1. The Kier molecular flexibility index (Phi) is 26.4. The standard InChI is InChI=1S/C17H24O2.C10H19Br.C7H6O2/c1-2-3-4-5-6-7-8-9-14-19-17-12-10-16(15-18)11-13-17;1-2-3-4-5-6-7-8-9-10-11;8-5-6-1-3-7(9)4-2-6/h2,10-13,15H,1,3-9,14H2;2H,1,3-10H2;1-5,9H. The van der Waals surface area contributed by atoms with Crippen LogP contribution in [0.15, 0.2) is 73.8 Å². The van der Waals surface area contributed by atoms with E-state index in [0.717, 1.165) is 37.8 Å². The summed E-state index contributed by atoms with van der Waals surface area (Å²) in [4.78, 5) is 20.5. The maximum absolute atomic E-state index is 10.5. The van der Waals surface area contributed by atoms with Crippen molar-refractivity contribution in [1.29, 1.82) is 0 Å². The van der Waals surface area contributed by atoms with Gasteiger partial charge in [0.25, 0.3) is 0 Å². The van der Waals surface area contributed by atoms with E-state index in [1.807, 2.05) is 24.3 Å². The summed E-state index contributed by atoms with van der Waals surface area (Å²) in [5, 5.41) is 9.90. The molecule has 0 atom stereocenters. The summed E-state index contributed by atoms with van der Waals surface area (Å²) in [5.74, 6) is 1.03. The van der Waals surface area contributed by atoms with Crippen molar-refractivity contribution in [1.82, 2.24) is 0 Å². The van der Waals surface area contributed by atoms with Gasteiger partial charge >= 0.3 is 0 Å². The first-order valence-electron chi connectivity index (χ1n) is 14.3. The molecule has 0 saturated carbocycles. The number of phenolic OH excluding ortho intramolecular Hbond substituents is 1. The molecule has 4 nitrogen and oxygen atoms in total. The maximum Gasteiger partial charge on any atom is 0.150 e. The summed E-state index contributed by atoms with van der Waals surface area (Å²) in [6.45, 7) is 8.18. The van der Waals surface area contributed by atoms with Crippen molar-refractivity contribution in [3.8, 4) is 11.5 Å². The van der Waals surface area contributed by atoms with Crippen LogP contribution in [-0.2, 0) is 0 Å². The van der Waals surface area contributed by atoms with Crippen LogP contribution in [0, 0.1) is 0 Å². The van der Waals surface area contributed by atoms with Gasteiger partial charge in [-0.1, -0.05) is 79.4 Å². The molecule has 2 aromatic carbocycles. The molecule has 0 aromatic heterocycles. The Hall–Kier alpha value is -2.66. The highest BCUT2D eigenvalue weighted by Gasteiger charge is 1.95. The Bertz CT molecular complexity index is 847. The van der Waals surface area contributed by atoms with E-state index < -0.39 is 0 Å². The molecule has 0 spiro atoms. The highest BCUT2D eigenvalue weighted by Crippen LogP contribution is 2.13. The van der Waals surface area contributed by atoms with Gasteiger partial charge in [-0.25, -0.2) is 0 Å². The summed E-state index contributed by atoms with van der Waals surface area (Å²) in [7, 11) is 0. The first kappa shape index (κ1) is 36.3. The molecule has 0 radical (unpaired) electrons. The monoisotopic (exact) mass is 600 g/mol. The molecule has 0 aliphatic heterocycles. The van der Waals surface area contributed by atoms with Crippen LogP contribution in [0.5, 0.6) is 11.5 Å². The Morgan fingerprint density at radius 2 is 1.03 bits per heavy atom. The molecule has 2 rings (SSSR count). The molecule has 1 N–H and O–H groups in total. The second-order valence-electron chi connectivity index (χ2n) is 9.33. The summed E-state index contributed by atoms with van der Waals surface area (Å²) in [6, 6.07) is 13.3. The van der Waals surface area contributed by atoms with Crippen molar-refractivity contribution >= 4 is 28.5 Å². The summed E-state index contributed by atoms with van der Waals surface area (Å²) in [6.07, 6.45) is 23.6. The van der Waals surface area contributed by atoms with Crippen molar-refractivity contribution < 1.29 is 19.4 Å². The highest BCUT2D eigenvalue weighted by molar-refractivity contribution is 9.09. The smallest absolute Gasteiger partial charge is 0.150 e. The predicted molar refractivity (Wildman–Crippen MR) is 170 cm³/mol. The SMILES string of the molecule is C=CCCCCCCCCBr.C=CCCCCCCCCOc1ccc(C=O)cc1.O=Cc1ccc(O)cc1.